The zero-order chi connectivity index (χ0) is 17.7. The quantitative estimate of drug-likeness (QED) is 0.727. The maximum absolute atomic E-state index is 12.2. The molecule has 0 spiro atoms. The van der Waals surface area contributed by atoms with Crippen LogP contribution in [0, 0.1) is 5.92 Å². The van der Waals surface area contributed by atoms with Crippen molar-refractivity contribution in [3.63, 3.8) is 0 Å². The smallest absolute Gasteiger partial charge is 0.272 e. The SMILES string of the molecule is CC(C)CNC(=O)[C@@H](C)NC(=O)Cc1n[nH]c(=O)c2ccccc12. The molecule has 0 unspecified atom stereocenters. The van der Waals surface area contributed by atoms with E-state index in [2.05, 4.69) is 20.8 Å². The van der Waals surface area contributed by atoms with Gasteiger partial charge in [0.2, 0.25) is 11.8 Å². The van der Waals surface area contributed by atoms with Crippen molar-refractivity contribution in [2.45, 2.75) is 33.2 Å². The predicted octanol–water partition coefficient (Wildman–Crippen LogP) is 0.743. The van der Waals surface area contributed by atoms with E-state index < -0.39 is 6.04 Å². The van der Waals surface area contributed by atoms with E-state index >= 15 is 0 Å². The van der Waals surface area contributed by atoms with Crippen molar-refractivity contribution < 1.29 is 9.59 Å². The van der Waals surface area contributed by atoms with Gasteiger partial charge in [0.25, 0.3) is 5.56 Å². The van der Waals surface area contributed by atoms with E-state index in [-0.39, 0.29) is 23.8 Å². The van der Waals surface area contributed by atoms with E-state index in [1.807, 2.05) is 13.8 Å². The molecule has 0 fully saturated rings. The molecule has 2 aromatic rings. The van der Waals surface area contributed by atoms with Crippen LogP contribution in [0.25, 0.3) is 10.8 Å². The molecule has 128 valence electrons. The highest BCUT2D eigenvalue weighted by molar-refractivity contribution is 5.91. The topological polar surface area (TPSA) is 104 Å². The third-order valence-electron chi connectivity index (χ3n) is 3.56. The number of amides is 2. The first-order valence-electron chi connectivity index (χ1n) is 7.92. The van der Waals surface area contributed by atoms with Gasteiger partial charge in [-0.2, -0.15) is 5.10 Å². The summed E-state index contributed by atoms with van der Waals surface area (Å²) in [5, 5.41) is 12.9. The van der Waals surface area contributed by atoms with Crippen LogP contribution in [0.2, 0.25) is 0 Å². The first kappa shape index (κ1) is 17.7. The Labute approximate surface area is 139 Å². The number of carbonyl (C=O) groups excluding carboxylic acids is 2. The molecule has 0 aliphatic carbocycles. The molecule has 7 heteroatoms. The number of nitrogens with zero attached hydrogens (tertiary/aromatic N) is 1. The summed E-state index contributed by atoms with van der Waals surface area (Å²) in [5.41, 5.74) is 0.175. The van der Waals surface area contributed by atoms with Gasteiger partial charge in [0.1, 0.15) is 6.04 Å². The minimum Gasteiger partial charge on any atom is -0.354 e. The van der Waals surface area contributed by atoms with E-state index in [0.717, 1.165) is 0 Å². The van der Waals surface area contributed by atoms with Crippen molar-refractivity contribution in [1.29, 1.82) is 0 Å². The number of nitrogens with one attached hydrogen (secondary N) is 3. The first-order valence-corrected chi connectivity index (χ1v) is 7.92. The van der Waals surface area contributed by atoms with Crippen molar-refractivity contribution in [3.05, 3.63) is 40.3 Å². The van der Waals surface area contributed by atoms with Crippen LogP contribution >= 0.6 is 0 Å². The van der Waals surface area contributed by atoms with Gasteiger partial charge >= 0.3 is 0 Å². The number of H-pyrrole nitrogens is 1. The van der Waals surface area contributed by atoms with Gasteiger partial charge in [-0.3, -0.25) is 14.4 Å². The lowest BCUT2D eigenvalue weighted by Gasteiger charge is -2.15. The molecule has 1 heterocycles. The normalized spacial score (nSPS) is 12.2. The Kier molecular flexibility index (Phi) is 5.68. The summed E-state index contributed by atoms with van der Waals surface area (Å²) in [6.45, 7) is 6.18. The molecule has 2 rings (SSSR count). The monoisotopic (exact) mass is 330 g/mol. The average molecular weight is 330 g/mol. The average Bonchev–Trinajstić information content (AvgIpc) is 2.55. The molecule has 0 aliphatic rings. The molecular weight excluding hydrogens is 308 g/mol. The lowest BCUT2D eigenvalue weighted by molar-refractivity contribution is -0.128. The molecule has 0 bridgehead atoms. The van der Waals surface area contributed by atoms with E-state index in [4.69, 9.17) is 0 Å². The van der Waals surface area contributed by atoms with Crippen LogP contribution in [-0.4, -0.2) is 34.6 Å². The molecule has 1 atom stereocenters. The Balaban J connectivity index is 2.04. The number of aromatic amines is 1. The summed E-state index contributed by atoms with van der Waals surface area (Å²) in [5.74, 6) is -0.211. The zero-order valence-corrected chi connectivity index (χ0v) is 14.1. The van der Waals surface area contributed by atoms with Gasteiger partial charge in [-0.1, -0.05) is 32.0 Å². The lowest BCUT2D eigenvalue weighted by atomic mass is 10.1. The minimum atomic E-state index is -0.634. The van der Waals surface area contributed by atoms with Gasteiger partial charge in [-0.15, -0.1) is 0 Å². The van der Waals surface area contributed by atoms with Gasteiger partial charge in [0.05, 0.1) is 17.5 Å². The van der Waals surface area contributed by atoms with Gasteiger partial charge in [-0.25, -0.2) is 5.10 Å². The number of hydrogen-bond donors (Lipinski definition) is 3. The van der Waals surface area contributed by atoms with Crippen LogP contribution in [0.3, 0.4) is 0 Å². The van der Waals surface area contributed by atoms with Crippen LogP contribution in [0.4, 0.5) is 0 Å². The van der Waals surface area contributed by atoms with Crippen molar-refractivity contribution in [2.24, 2.45) is 5.92 Å². The third kappa shape index (κ3) is 4.41. The van der Waals surface area contributed by atoms with E-state index in [1.165, 1.54) is 0 Å². The highest BCUT2D eigenvalue weighted by Gasteiger charge is 2.17. The first-order chi connectivity index (χ1) is 11.4. The summed E-state index contributed by atoms with van der Waals surface area (Å²) >= 11 is 0. The number of aromatic nitrogens is 2. The Morgan fingerprint density at radius 2 is 1.83 bits per heavy atom. The summed E-state index contributed by atoms with van der Waals surface area (Å²) in [6, 6.07) is 6.33. The Hall–Kier alpha value is -2.70. The van der Waals surface area contributed by atoms with Crippen LogP contribution in [0.5, 0.6) is 0 Å². The number of hydrogen-bond acceptors (Lipinski definition) is 4. The van der Waals surface area contributed by atoms with Gasteiger partial charge in [0, 0.05) is 11.9 Å². The molecule has 3 N–H and O–H groups in total. The van der Waals surface area contributed by atoms with Crippen molar-refractivity contribution in [2.75, 3.05) is 6.54 Å². The second-order valence-electron chi connectivity index (χ2n) is 6.15. The molecular formula is C17H22N4O3. The molecule has 24 heavy (non-hydrogen) atoms. The van der Waals surface area contributed by atoms with E-state index in [0.29, 0.717) is 28.9 Å². The molecule has 1 aromatic heterocycles. The molecule has 0 aliphatic heterocycles. The molecule has 0 saturated heterocycles. The van der Waals surface area contributed by atoms with Gasteiger partial charge in [0.15, 0.2) is 0 Å². The van der Waals surface area contributed by atoms with Gasteiger partial charge < -0.3 is 10.6 Å². The fourth-order valence-corrected chi connectivity index (χ4v) is 2.27. The maximum atomic E-state index is 12.2. The number of rotatable bonds is 6. The van der Waals surface area contributed by atoms with Crippen molar-refractivity contribution in [3.8, 4) is 0 Å². The lowest BCUT2D eigenvalue weighted by Crippen LogP contribution is -2.46. The van der Waals surface area contributed by atoms with E-state index in [9.17, 15) is 14.4 Å². The van der Waals surface area contributed by atoms with Crippen molar-refractivity contribution in [1.82, 2.24) is 20.8 Å². The van der Waals surface area contributed by atoms with Crippen LogP contribution in [0.15, 0.2) is 29.1 Å². The fraction of sp³-hybridized carbons (Fsp3) is 0.412. The Morgan fingerprint density at radius 1 is 1.17 bits per heavy atom. The second kappa shape index (κ2) is 7.72. The Bertz CT molecular complexity index is 798. The molecule has 0 radical (unpaired) electrons. The predicted molar refractivity (Wildman–Crippen MR) is 91.5 cm³/mol. The third-order valence-corrected chi connectivity index (χ3v) is 3.56. The maximum Gasteiger partial charge on any atom is 0.272 e. The molecule has 1 aromatic carbocycles. The fourth-order valence-electron chi connectivity index (χ4n) is 2.27. The van der Waals surface area contributed by atoms with Crippen LogP contribution in [0.1, 0.15) is 26.5 Å². The molecule has 0 saturated carbocycles. The van der Waals surface area contributed by atoms with Crippen LogP contribution < -0.4 is 16.2 Å². The summed E-state index contributed by atoms with van der Waals surface area (Å²) < 4.78 is 0. The van der Waals surface area contributed by atoms with Crippen LogP contribution in [-0.2, 0) is 16.0 Å². The van der Waals surface area contributed by atoms with Crippen molar-refractivity contribution >= 4 is 22.6 Å². The Morgan fingerprint density at radius 3 is 2.50 bits per heavy atom. The highest BCUT2D eigenvalue weighted by atomic mass is 16.2. The summed E-state index contributed by atoms with van der Waals surface area (Å²) in [7, 11) is 0. The summed E-state index contributed by atoms with van der Waals surface area (Å²) in [6.07, 6.45) is -0.0148. The highest BCUT2D eigenvalue weighted by Crippen LogP contribution is 2.12. The second-order valence-corrected chi connectivity index (χ2v) is 6.15. The number of benzene rings is 1. The van der Waals surface area contributed by atoms with Gasteiger partial charge in [-0.05, 0) is 18.9 Å². The standard InChI is InChI=1S/C17H22N4O3/c1-10(2)9-18-16(23)11(3)19-15(22)8-14-12-6-4-5-7-13(12)17(24)21-20-14/h4-7,10-11H,8-9H2,1-3H3,(H,18,23)(H,19,22)(H,21,24)/t11-/m1/s1. The van der Waals surface area contributed by atoms with E-state index in [1.54, 1.807) is 31.2 Å². The zero-order valence-electron chi connectivity index (χ0n) is 14.1. The number of fused-ring (bicyclic) bond motifs is 1. The largest absolute Gasteiger partial charge is 0.354 e. The summed E-state index contributed by atoms with van der Waals surface area (Å²) in [4.78, 5) is 35.8. The molecule has 7 nitrogen and oxygen atoms in total. The number of carbonyl (C=O) groups is 2. The molecule has 2 amide bonds. The minimum absolute atomic E-state index is 0.0148.